The zero-order chi connectivity index (χ0) is 21.9. The van der Waals surface area contributed by atoms with Gasteiger partial charge in [0, 0.05) is 23.7 Å². The quantitative estimate of drug-likeness (QED) is 0.587. The molecular weight excluding hydrogens is 412 g/mol. The highest BCUT2D eigenvalue weighted by Gasteiger charge is 2.24. The van der Waals surface area contributed by atoms with E-state index in [1.54, 1.807) is 31.2 Å². The minimum absolute atomic E-state index is 0.0527. The summed E-state index contributed by atoms with van der Waals surface area (Å²) in [5.41, 5.74) is 1.19. The molecule has 0 aliphatic heterocycles. The van der Waals surface area contributed by atoms with Crippen LogP contribution < -0.4 is 14.2 Å². The van der Waals surface area contributed by atoms with Crippen molar-refractivity contribution >= 4 is 10.0 Å². The second kappa shape index (κ2) is 8.81. The number of hydrogen-bond acceptors (Lipinski definition) is 4. The number of nitrogens with one attached hydrogen (secondary N) is 1. The van der Waals surface area contributed by atoms with Crippen LogP contribution >= 0.6 is 0 Å². The smallest absolute Gasteiger partial charge is 0.244 e. The molecule has 0 saturated carbocycles. The highest BCUT2D eigenvalue weighted by molar-refractivity contribution is 7.89. The van der Waals surface area contributed by atoms with E-state index >= 15 is 0 Å². The fourth-order valence-electron chi connectivity index (χ4n) is 3.18. The average molecular weight is 433 g/mol. The number of ether oxygens (including phenoxy) is 2. The summed E-state index contributed by atoms with van der Waals surface area (Å²) >= 11 is 0. The summed E-state index contributed by atoms with van der Waals surface area (Å²) in [4.78, 5) is -0.0527. The van der Waals surface area contributed by atoms with Gasteiger partial charge in [-0.2, -0.15) is 0 Å². The van der Waals surface area contributed by atoms with Crippen LogP contribution in [0, 0.1) is 11.6 Å². The number of sulfonamides is 1. The Hall–Kier alpha value is -2.97. The van der Waals surface area contributed by atoms with Crippen molar-refractivity contribution in [2.75, 3.05) is 14.2 Å². The van der Waals surface area contributed by atoms with Crippen LogP contribution in [0.1, 0.15) is 18.5 Å². The van der Waals surface area contributed by atoms with Gasteiger partial charge >= 0.3 is 0 Å². The molecule has 3 aromatic carbocycles. The van der Waals surface area contributed by atoms with Crippen molar-refractivity contribution in [3.8, 4) is 22.6 Å². The minimum atomic E-state index is -3.98. The van der Waals surface area contributed by atoms with Crippen LogP contribution in [0.5, 0.6) is 11.5 Å². The van der Waals surface area contributed by atoms with E-state index in [-0.39, 0.29) is 16.2 Å². The third-order valence-corrected chi connectivity index (χ3v) is 6.22. The lowest BCUT2D eigenvalue weighted by atomic mass is 9.95. The van der Waals surface area contributed by atoms with E-state index in [9.17, 15) is 17.2 Å². The fraction of sp³-hybridized carbons (Fsp3) is 0.182. The maximum Gasteiger partial charge on any atom is 0.244 e. The standard InChI is InChI=1S/C22H21F2NO4S/c1-14(25-30(26,27)22-11-9-16(28-2)13-21(22)29-3)17-6-4-5-7-18(17)19-10-8-15(23)12-20(19)24/h4-14,25H,1-3H3. The Morgan fingerprint density at radius 1 is 0.900 bits per heavy atom. The topological polar surface area (TPSA) is 64.6 Å². The van der Waals surface area contributed by atoms with E-state index in [1.807, 2.05) is 0 Å². The summed E-state index contributed by atoms with van der Waals surface area (Å²) in [6, 6.07) is 13.7. The first kappa shape index (κ1) is 21.7. The van der Waals surface area contributed by atoms with E-state index in [0.29, 0.717) is 16.9 Å². The molecule has 8 heteroatoms. The van der Waals surface area contributed by atoms with Crippen molar-refractivity contribution in [3.63, 3.8) is 0 Å². The van der Waals surface area contributed by atoms with E-state index in [0.717, 1.165) is 12.1 Å². The Kier molecular flexibility index (Phi) is 6.38. The normalized spacial score (nSPS) is 12.4. The van der Waals surface area contributed by atoms with Crippen LogP contribution in [0.2, 0.25) is 0 Å². The second-order valence-electron chi connectivity index (χ2n) is 6.57. The molecule has 0 aromatic heterocycles. The van der Waals surface area contributed by atoms with Gasteiger partial charge in [-0.25, -0.2) is 21.9 Å². The van der Waals surface area contributed by atoms with Gasteiger partial charge in [-0.05, 0) is 42.3 Å². The van der Waals surface area contributed by atoms with Gasteiger partial charge in [0.2, 0.25) is 10.0 Å². The molecule has 1 atom stereocenters. The molecule has 3 rings (SSSR count). The Morgan fingerprint density at radius 3 is 2.30 bits per heavy atom. The molecule has 0 bridgehead atoms. The van der Waals surface area contributed by atoms with Gasteiger partial charge in [-0.15, -0.1) is 0 Å². The first-order chi connectivity index (χ1) is 14.3. The molecule has 0 spiro atoms. The van der Waals surface area contributed by atoms with Gasteiger partial charge < -0.3 is 9.47 Å². The Bertz CT molecular complexity index is 1170. The van der Waals surface area contributed by atoms with Crippen molar-refractivity contribution in [3.05, 3.63) is 77.9 Å². The maximum atomic E-state index is 14.3. The first-order valence-corrected chi connectivity index (χ1v) is 10.5. The summed E-state index contributed by atoms with van der Waals surface area (Å²) in [6.45, 7) is 1.65. The predicted molar refractivity (Wildman–Crippen MR) is 110 cm³/mol. The van der Waals surface area contributed by atoms with Gasteiger partial charge in [0.25, 0.3) is 0 Å². The summed E-state index contributed by atoms with van der Waals surface area (Å²) in [5, 5.41) is 0. The monoisotopic (exact) mass is 433 g/mol. The Labute approximate surface area is 174 Å². The van der Waals surface area contributed by atoms with E-state index in [4.69, 9.17) is 9.47 Å². The number of halogens is 2. The number of benzene rings is 3. The molecule has 1 N–H and O–H groups in total. The van der Waals surface area contributed by atoms with E-state index < -0.39 is 27.7 Å². The van der Waals surface area contributed by atoms with Gasteiger partial charge in [0.05, 0.1) is 14.2 Å². The van der Waals surface area contributed by atoms with Crippen LogP contribution in [0.4, 0.5) is 8.78 Å². The molecule has 3 aromatic rings. The highest BCUT2D eigenvalue weighted by atomic mass is 32.2. The number of methoxy groups -OCH3 is 2. The lowest BCUT2D eigenvalue weighted by Gasteiger charge is -2.19. The molecule has 1 unspecified atom stereocenters. The number of hydrogen-bond donors (Lipinski definition) is 1. The van der Waals surface area contributed by atoms with Crippen molar-refractivity contribution in [1.82, 2.24) is 4.72 Å². The molecule has 0 radical (unpaired) electrons. The largest absolute Gasteiger partial charge is 0.497 e. The summed E-state index contributed by atoms with van der Waals surface area (Å²) in [5.74, 6) is -0.827. The SMILES string of the molecule is COc1ccc(S(=O)(=O)NC(C)c2ccccc2-c2ccc(F)cc2F)c(OC)c1. The molecule has 5 nitrogen and oxygen atoms in total. The molecule has 0 fully saturated rings. The minimum Gasteiger partial charge on any atom is -0.497 e. The van der Waals surface area contributed by atoms with Gasteiger partial charge in [0.15, 0.2) is 0 Å². The lowest BCUT2D eigenvalue weighted by molar-refractivity contribution is 0.385. The lowest BCUT2D eigenvalue weighted by Crippen LogP contribution is -2.27. The van der Waals surface area contributed by atoms with Crippen molar-refractivity contribution in [2.45, 2.75) is 17.9 Å². The summed E-state index contributed by atoms with van der Waals surface area (Å²) in [6.07, 6.45) is 0. The Morgan fingerprint density at radius 2 is 1.63 bits per heavy atom. The molecular formula is C22H21F2NO4S. The molecule has 0 aliphatic carbocycles. The maximum absolute atomic E-state index is 14.3. The molecule has 0 saturated heterocycles. The summed E-state index contributed by atoms with van der Waals surface area (Å²) < 4.78 is 66.5. The van der Waals surface area contributed by atoms with Gasteiger partial charge in [0.1, 0.15) is 28.0 Å². The fourth-order valence-corrected chi connectivity index (χ4v) is 4.56. The second-order valence-corrected chi connectivity index (χ2v) is 8.25. The van der Waals surface area contributed by atoms with Crippen molar-refractivity contribution in [2.24, 2.45) is 0 Å². The van der Waals surface area contributed by atoms with Crippen LogP contribution in [0.15, 0.2) is 65.6 Å². The third-order valence-electron chi connectivity index (χ3n) is 4.64. The van der Waals surface area contributed by atoms with Crippen molar-refractivity contribution < 1.29 is 26.7 Å². The van der Waals surface area contributed by atoms with Crippen LogP contribution in [-0.2, 0) is 10.0 Å². The first-order valence-electron chi connectivity index (χ1n) is 9.05. The van der Waals surface area contributed by atoms with Crippen LogP contribution in [0.25, 0.3) is 11.1 Å². The summed E-state index contributed by atoms with van der Waals surface area (Å²) in [7, 11) is -1.14. The zero-order valence-corrected chi connectivity index (χ0v) is 17.5. The van der Waals surface area contributed by atoms with E-state index in [1.165, 1.54) is 38.5 Å². The van der Waals surface area contributed by atoms with Crippen LogP contribution in [0.3, 0.4) is 0 Å². The number of rotatable bonds is 7. The third kappa shape index (κ3) is 4.44. The Balaban J connectivity index is 1.98. The molecule has 0 aliphatic rings. The van der Waals surface area contributed by atoms with Gasteiger partial charge in [-0.3, -0.25) is 0 Å². The molecule has 0 amide bonds. The highest BCUT2D eigenvalue weighted by Crippen LogP contribution is 2.33. The van der Waals surface area contributed by atoms with E-state index in [2.05, 4.69) is 4.72 Å². The zero-order valence-electron chi connectivity index (χ0n) is 16.6. The molecule has 0 heterocycles. The van der Waals surface area contributed by atoms with Gasteiger partial charge in [-0.1, -0.05) is 24.3 Å². The van der Waals surface area contributed by atoms with Crippen molar-refractivity contribution in [1.29, 1.82) is 0 Å². The molecule has 158 valence electrons. The average Bonchev–Trinajstić information content (AvgIpc) is 2.73. The van der Waals surface area contributed by atoms with Crippen LogP contribution in [-0.4, -0.2) is 22.6 Å². The molecule has 30 heavy (non-hydrogen) atoms. The predicted octanol–water partition coefficient (Wildman–Crippen LogP) is 4.69.